The number of nitrogens with one attached hydrogen (secondary N) is 1. The van der Waals surface area contributed by atoms with Crippen molar-refractivity contribution in [1.29, 1.82) is 0 Å². The van der Waals surface area contributed by atoms with Gasteiger partial charge in [-0.05, 0) is 42.7 Å². The molecule has 2 aromatic rings. The molecule has 1 aliphatic carbocycles. The van der Waals surface area contributed by atoms with Crippen LogP contribution in [0.2, 0.25) is 4.34 Å². The number of halogens is 1. The summed E-state index contributed by atoms with van der Waals surface area (Å²) in [6, 6.07) is 7.64. The Hall–Kier alpha value is -1.52. The molecule has 0 aromatic carbocycles. The van der Waals surface area contributed by atoms with Crippen LogP contribution in [0.3, 0.4) is 0 Å². The van der Waals surface area contributed by atoms with E-state index in [4.69, 9.17) is 16.0 Å². The molecule has 21 heavy (non-hydrogen) atoms. The van der Waals surface area contributed by atoms with E-state index in [0.717, 1.165) is 20.7 Å². The van der Waals surface area contributed by atoms with E-state index in [1.807, 2.05) is 24.3 Å². The van der Waals surface area contributed by atoms with Gasteiger partial charge < -0.3 is 9.73 Å². The zero-order valence-electron chi connectivity index (χ0n) is 11.6. The van der Waals surface area contributed by atoms with Gasteiger partial charge in [0.25, 0.3) is 0 Å². The van der Waals surface area contributed by atoms with Crippen molar-refractivity contribution in [3.8, 4) is 0 Å². The molecule has 110 valence electrons. The van der Waals surface area contributed by atoms with Crippen molar-refractivity contribution in [2.75, 3.05) is 0 Å². The highest BCUT2D eigenvalue weighted by Gasteiger charge is 2.36. The van der Waals surface area contributed by atoms with Crippen LogP contribution in [0.25, 0.3) is 6.08 Å². The van der Waals surface area contributed by atoms with Gasteiger partial charge in [-0.25, -0.2) is 0 Å². The van der Waals surface area contributed by atoms with E-state index < -0.39 is 0 Å². The van der Waals surface area contributed by atoms with E-state index in [1.54, 1.807) is 6.08 Å². The maximum atomic E-state index is 11.7. The number of thiophene rings is 1. The molecule has 0 radical (unpaired) electrons. The minimum absolute atomic E-state index is 0.141. The summed E-state index contributed by atoms with van der Waals surface area (Å²) in [4.78, 5) is 12.8. The summed E-state index contributed by atoms with van der Waals surface area (Å²) in [5, 5.41) is 2.82. The van der Waals surface area contributed by atoms with E-state index in [0.29, 0.717) is 18.4 Å². The lowest BCUT2D eigenvalue weighted by Crippen LogP contribution is -2.19. The van der Waals surface area contributed by atoms with Crippen LogP contribution in [-0.4, -0.2) is 5.91 Å². The number of carbonyl (C=O) groups is 1. The third-order valence-electron chi connectivity index (χ3n) is 3.59. The maximum absolute atomic E-state index is 11.7. The average Bonchev–Trinajstić information content (AvgIpc) is 2.89. The predicted octanol–water partition coefficient (Wildman–Crippen LogP) is 4.45. The first kappa shape index (κ1) is 14.4. The van der Waals surface area contributed by atoms with E-state index in [-0.39, 0.29) is 5.91 Å². The van der Waals surface area contributed by atoms with Crippen LogP contribution >= 0.6 is 22.9 Å². The molecule has 1 fully saturated rings. The Bertz CT molecular complexity index is 673. The van der Waals surface area contributed by atoms with Crippen LogP contribution in [0, 0.1) is 5.92 Å². The smallest absolute Gasteiger partial charge is 0.244 e. The molecule has 2 aromatic heterocycles. The highest BCUT2D eigenvalue weighted by Crippen LogP contribution is 2.47. The first-order valence-corrected chi connectivity index (χ1v) is 8.11. The summed E-state index contributed by atoms with van der Waals surface area (Å²) in [6.45, 7) is 2.70. The molecule has 2 unspecified atom stereocenters. The average molecular weight is 322 g/mol. The lowest BCUT2D eigenvalue weighted by atomic mass is 10.3. The van der Waals surface area contributed by atoms with E-state index in [2.05, 4.69) is 12.2 Å². The molecule has 1 N–H and O–H groups in total. The van der Waals surface area contributed by atoms with Crippen molar-refractivity contribution in [2.24, 2.45) is 5.92 Å². The molecule has 1 amide bonds. The van der Waals surface area contributed by atoms with Crippen molar-refractivity contribution in [3.63, 3.8) is 0 Å². The van der Waals surface area contributed by atoms with Crippen LogP contribution in [0.15, 0.2) is 34.8 Å². The molecule has 3 nitrogen and oxygen atoms in total. The Morgan fingerprint density at radius 2 is 2.29 bits per heavy atom. The molecule has 2 heterocycles. The van der Waals surface area contributed by atoms with Gasteiger partial charge in [-0.15, -0.1) is 11.3 Å². The zero-order valence-corrected chi connectivity index (χ0v) is 13.2. The minimum atomic E-state index is -0.141. The van der Waals surface area contributed by atoms with Gasteiger partial charge in [-0.1, -0.05) is 18.5 Å². The van der Waals surface area contributed by atoms with E-state index in [9.17, 15) is 4.79 Å². The Morgan fingerprint density at radius 3 is 2.95 bits per heavy atom. The van der Waals surface area contributed by atoms with Gasteiger partial charge in [-0.3, -0.25) is 4.79 Å². The highest BCUT2D eigenvalue weighted by molar-refractivity contribution is 7.16. The van der Waals surface area contributed by atoms with Gasteiger partial charge in [0.1, 0.15) is 11.5 Å². The van der Waals surface area contributed by atoms with E-state index in [1.165, 1.54) is 23.8 Å². The normalized spacial score (nSPS) is 20.9. The number of amides is 1. The van der Waals surface area contributed by atoms with Crippen LogP contribution in [0.1, 0.15) is 35.7 Å². The summed E-state index contributed by atoms with van der Waals surface area (Å²) in [7, 11) is 0. The van der Waals surface area contributed by atoms with Crippen LogP contribution < -0.4 is 5.32 Å². The van der Waals surface area contributed by atoms with Gasteiger partial charge in [0.15, 0.2) is 0 Å². The third-order valence-corrected chi connectivity index (χ3v) is 4.82. The summed E-state index contributed by atoms with van der Waals surface area (Å²) >= 11 is 7.31. The number of hydrogen-bond donors (Lipinski definition) is 1. The number of furan rings is 1. The molecule has 2 atom stereocenters. The fourth-order valence-electron chi connectivity index (χ4n) is 2.21. The second kappa shape index (κ2) is 6.08. The van der Waals surface area contributed by atoms with Gasteiger partial charge in [-0.2, -0.15) is 0 Å². The van der Waals surface area contributed by atoms with Crippen molar-refractivity contribution in [3.05, 3.63) is 51.1 Å². The SMILES string of the molecule is CC1CC1c1ccc(/C=C/C(=O)NCc2ccc(Cl)s2)o1. The maximum Gasteiger partial charge on any atom is 0.244 e. The van der Waals surface area contributed by atoms with Crippen LogP contribution in [0.5, 0.6) is 0 Å². The second-order valence-electron chi connectivity index (χ2n) is 5.32. The predicted molar refractivity (Wildman–Crippen MR) is 85.4 cm³/mol. The summed E-state index contributed by atoms with van der Waals surface area (Å²) < 4.78 is 6.44. The molecular weight excluding hydrogens is 306 g/mol. The van der Waals surface area contributed by atoms with Crippen LogP contribution in [-0.2, 0) is 11.3 Å². The van der Waals surface area contributed by atoms with Gasteiger partial charge in [0.2, 0.25) is 5.91 Å². The second-order valence-corrected chi connectivity index (χ2v) is 7.12. The molecule has 0 aliphatic heterocycles. The summed E-state index contributed by atoms with van der Waals surface area (Å²) in [5.41, 5.74) is 0. The minimum Gasteiger partial charge on any atom is -0.461 e. The highest BCUT2D eigenvalue weighted by atomic mass is 35.5. The molecule has 0 saturated heterocycles. The molecule has 0 bridgehead atoms. The molecular formula is C16H16ClNO2S. The molecule has 1 aliphatic rings. The lowest BCUT2D eigenvalue weighted by molar-refractivity contribution is -0.116. The fraction of sp³-hybridized carbons (Fsp3) is 0.312. The van der Waals surface area contributed by atoms with Crippen molar-refractivity contribution >= 4 is 34.9 Å². The quantitative estimate of drug-likeness (QED) is 0.827. The van der Waals surface area contributed by atoms with Crippen LogP contribution in [0.4, 0.5) is 0 Å². The first-order valence-electron chi connectivity index (χ1n) is 6.91. The Labute approximate surface area is 132 Å². The molecule has 5 heteroatoms. The van der Waals surface area contributed by atoms with Crippen molar-refractivity contribution in [1.82, 2.24) is 5.32 Å². The summed E-state index contributed by atoms with van der Waals surface area (Å²) in [6.07, 6.45) is 4.39. The summed E-state index contributed by atoms with van der Waals surface area (Å²) in [5.74, 6) is 2.88. The van der Waals surface area contributed by atoms with Gasteiger partial charge >= 0.3 is 0 Å². The third kappa shape index (κ3) is 3.77. The molecule has 3 rings (SSSR count). The number of rotatable bonds is 5. The topological polar surface area (TPSA) is 42.2 Å². The standard InChI is InChI=1S/C16H16ClNO2S/c1-10-8-13(10)14-5-2-11(20-14)3-7-16(19)18-9-12-4-6-15(17)21-12/h2-7,10,13H,8-9H2,1H3,(H,18,19)/b7-3+. The zero-order chi connectivity index (χ0) is 14.8. The molecule has 0 spiro atoms. The Kier molecular flexibility index (Phi) is 4.17. The lowest BCUT2D eigenvalue weighted by Gasteiger charge is -1.98. The van der Waals surface area contributed by atoms with Gasteiger partial charge in [0.05, 0.1) is 10.9 Å². The van der Waals surface area contributed by atoms with E-state index >= 15 is 0 Å². The Balaban J connectivity index is 1.50. The van der Waals surface area contributed by atoms with Gasteiger partial charge in [0, 0.05) is 16.9 Å². The first-order chi connectivity index (χ1) is 10.1. The largest absolute Gasteiger partial charge is 0.461 e. The number of carbonyl (C=O) groups excluding carboxylic acids is 1. The fourth-order valence-corrected chi connectivity index (χ4v) is 3.24. The number of hydrogen-bond acceptors (Lipinski definition) is 3. The van der Waals surface area contributed by atoms with Crippen molar-refractivity contribution in [2.45, 2.75) is 25.8 Å². The monoisotopic (exact) mass is 321 g/mol. The van der Waals surface area contributed by atoms with Crippen molar-refractivity contribution < 1.29 is 9.21 Å². The molecule has 1 saturated carbocycles. The Morgan fingerprint density at radius 1 is 1.48 bits per heavy atom.